The molecule has 0 atom stereocenters. The van der Waals surface area contributed by atoms with E-state index in [0.29, 0.717) is 45.0 Å². The van der Waals surface area contributed by atoms with E-state index in [1.165, 1.54) is 0 Å². The molecule has 52 heavy (non-hydrogen) atoms. The predicted molar refractivity (Wildman–Crippen MR) is 199 cm³/mol. The van der Waals surface area contributed by atoms with Crippen molar-refractivity contribution >= 4 is 62.4 Å². The van der Waals surface area contributed by atoms with Gasteiger partial charge in [0.1, 0.15) is 0 Å². The van der Waals surface area contributed by atoms with Gasteiger partial charge in [0.05, 0.1) is 33.8 Å². The van der Waals surface area contributed by atoms with Crippen LogP contribution in [0.5, 0.6) is 0 Å². The van der Waals surface area contributed by atoms with Gasteiger partial charge in [0.2, 0.25) is 0 Å². The molecule has 0 bridgehead atoms. The molecule has 7 nitrogen and oxygen atoms in total. The second-order valence-corrected chi connectivity index (χ2v) is 13.1. The maximum absolute atomic E-state index is 14.4. The molecule has 0 heterocycles. The highest BCUT2D eigenvalue weighted by Gasteiger charge is 2.36. The van der Waals surface area contributed by atoms with Crippen molar-refractivity contribution < 1.29 is 24.0 Å². The molecule has 244 valence electrons. The minimum atomic E-state index is -0.354. The van der Waals surface area contributed by atoms with Gasteiger partial charge in [-0.1, -0.05) is 109 Å². The van der Waals surface area contributed by atoms with Crippen molar-refractivity contribution in [2.45, 2.75) is 0 Å². The predicted octanol–water partition coefficient (Wildman–Crippen LogP) is 9.09. The van der Waals surface area contributed by atoms with Gasteiger partial charge in [-0.05, 0) is 35.4 Å². The third kappa shape index (κ3) is 4.04. The number of fused-ring (bicyclic) bond motifs is 6. The van der Waals surface area contributed by atoms with Gasteiger partial charge in [-0.15, -0.1) is 0 Å². The van der Waals surface area contributed by atoms with Crippen LogP contribution in [0.15, 0.2) is 133 Å². The molecule has 0 fully saturated rings. The number of benzene rings is 7. The Bertz CT molecular complexity index is 2850. The number of nitrogens with one attached hydrogen (secondary N) is 2. The van der Waals surface area contributed by atoms with Gasteiger partial charge in [0.15, 0.2) is 28.9 Å². The monoisotopic (exact) mass is 672 g/mol. The third-order valence-electron chi connectivity index (χ3n) is 10.3. The molecule has 3 aliphatic rings. The Hall–Kier alpha value is -7.25. The topological polar surface area (TPSA) is 109 Å². The second kappa shape index (κ2) is 10.9. The molecule has 3 aliphatic carbocycles. The summed E-state index contributed by atoms with van der Waals surface area (Å²) in [6.45, 7) is 0. The molecule has 7 heteroatoms. The van der Waals surface area contributed by atoms with Gasteiger partial charge in [0.25, 0.3) is 0 Å². The van der Waals surface area contributed by atoms with Crippen LogP contribution in [0, 0.1) is 0 Å². The number of hydrogen-bond acceptors (Lipinski definition) is 7. The van der Waals surface area contributed by atoms with Gasteiger partial charge < -0.3 is 10.6 Å². The zero-order chi connectivity index (χ0) is 35.2. The molecule has 0 aromatic heterocycles. The summed E-state index contributed by atoms with van der Waals surface area (Å²) in [7, 11) is 0. The third-order valence-corrected chi connectivity index (χ3v) is 10.3. The molecule has 7 aromatic rings. The summed E-state index contributed by atoms with van der Waals surface area (Å²) in [4.78, 5) is 69.3. The minimum absolute atomic E-state index is 0.0402. The van der Waals surface area contributed by atoms with Crippen LogP contribution < -0.4 is 10.6 Å². The first kappa shape index (κ1) is 29.6. The molecule has 0 aliphatic heterocycles. The van der Waals surface area contributed by atoms with Crippen LogP contribution in [0.1, 0.15) is 79.6 Å². The number of hydrogen-bond donors (Lipinski definition) is 2. The fraction of sp³-hybridized carbons (Fsp3) is 0. The Morgan fingerprint density at radius 1 is 0.269 bits per heavy atom. The molecule has 0 spiro atoms. The van der Waals surface area contributed by atoms with Crippen LogP contribution in [0.4, 0.5) is 22.7 Å². The average molecular weight is 673 g/mol. The molecular formula is C45H24N2O5. The average Bonchev–Trinajstić information content (AvgIpc) is 3.18. The zero-order valence-corrected chi connectivity index (χ0v) is 27.2. The normalized spacial score (nSPS) is 13.6. The van der Waals surface area contributed by atoms with E-state index in [2.05, 4.69) is 10.6 Å². The van der Waals surface area contributed by atoms with Crippen LogP contribution in [-0.4, -0.2) is 28.9 Å². The van der Waals surface area contributed by atoms with Gasteiger partial charge in [0, 0.05) is 55.4 Å². The van der Waals surface area contributed by atoms with Crippen LogP contribution in [0.2, 0.25) is 0 Å². The Kier molecular flexibility index (Phi) is 6.20. The fourth-order valence-electron chi connectivity index (χ4n) is 7.98. The highest BCUT2D eigenvalue weighted by Crippen LogP contribution is 2.44. The quantitative estimate of drug-likeness (QED) is 0.192. The van der Waals surface area contributed by atoms with Crippen molar-refractivity contribution in [3.05, 3.63) is 189 Å². The lowest BCUT2D eigenvalue weighted by Crippen LogP contribution is -2.24. The van der Waals surface area contributed by atoms with Crippen molar-refractivity contribution in [3.63, 3.8) is 0 Å². The van der Waals surface area contributed by atoms with Gasteiger partial charge in [-0.2, -0.15) is 0 Å². The van der Waals surface area contributed by atoms with Crippen molar-refractivity contribution in [2.75, 3.05) is 10.6 Å². The van der Waals surface area contributed by atoms with Crippen molar-refractivity contribution in [1.29, 1.82) is 0 Å². The Morgan fingerprint density at radius 3 is 1.23 bits per heavy atom. The minimum Gasteiger partial charge on any atom is -0.354 e. The lowest BCUT2D eigenvalue weighted by atomic mass is 9.81. The largest absolute Gasteiger partial charge is 0.354 e. The van der Waals surface area contributed by atoms with E-state index in [1.807, 2.05) is 54.6 Å². The lowest BCUT2D eigenvalue weighted by molar-refractivity contribution is 0.0979. The number of anilines is 4. The Labute approximate surface area is 296 Å². The van der Waals surface area contributed by atoms with E-state index in [-0.39, 0.29) is 62.3 Å². The van der Waals surface area contributed by atoms with E-state index in [9.17, 15) is 24.0 Å². The maximum Gasteiger partial charge on any atom is 0.196 e. The molecule has 2 N–H and O–H groups in total. The second-order valence-electron chi connectivity index (χ2n) is 13.1. The standard InChI is InChI=1S/C45H24N2O5/c48-41-25-10-2-1-9-23(25)24-21-22-33(28-13-5-14-29(41)37(24)28)46-34-18-7-16-31-39(34)44(51)32-17-8-20-36(40(32)45(31)52)47-35-19-6-15-30-38(35)43(50)27-12-4-3-11-26(27)42(30)49/h1-22,46-47H. The lowest BCUT2D eigenvalue weighted by Gasteiger charge is -2.25. The van der Waals surface area contributed by atoms with Crippen LogP contribution in [0.25, 0.3) is 21.9 Å². The van der Waals surface area contributed by atoms with Crippen LogP contribution >= 0.6 is 0 Å². The first-order valence-corrected chi connectivity index (χ1v) is 16.8. The molecule has 0 saturated carbocycles. The Balaban J connectivity index is 1.05. The van der Waals surface area contributed by atoms with E-state index in [4.69, 9.17) is 0 Å². The van der Waals surface area contributed by atoms with E-state index in [1.54, 1.807) is 78.9 Å². The van der Waals surface area contributed by atoms with Crippen molar-refractivity contribution in [3.8, 4) is 11.1 Å². The first-order valence-electron chi connectivity index (χ1n) is 16.8. The van der Waals surface area contributed by atoms with E-state index in [0.717, 1.165) is 21.9 Å². The summed E-state index contributed by atoms with van der Waals surface area (Å²) >= 11 is 0. The summed E-state index contributed by atoms with van der Waals surface area (Å²) in [5.74, 6) is -1.28. The Morgan fingerprint density at radius 2 is 0.654 bits per heavy atom. The fourth-order valence-corrected chi connectivity index (χ4v) is 7.98. The molecular weight excluding hydrogens is 649 g/mol. The zero-order valence-electron chi connectivity index (χ0n) is 27.2. The summed E-state index contributed by atoms with van der Waals surface area (Å²) in [6.07, 6.45) is 0. The van der Waals surface area contributed by atoms with Crippen LogP contribution in [-0.2, 0) is 0 Å². The molecule has 0 amide bonds. The van der Waals surface area contributed by atoms with Gasteiger partial charge >= 0.3 is 0 Å². The maximum atomic E-state index is 14.4. The number of ketones is 5. The smallest absolute Gasteiger partial charge is 0.196 e. The SMILES string of the molecule is O=C1c2ccccc2C(=O)c2c(Nc3cccc4c3C(=O)c3cccc(Nc5ccc6c7c(cccc57)C(=O)c5ccccc5-6)c3C4=O)cccc21. The first-order chi connectivity index (χ1) is 25.4. The molecule has 0 unspecified atom stereocenters. The summed E-state index contributed by atoms with van der Waals surface area (Å²) in [5, 5.41) is 8.32. The molecule has 7 aromatic carbocycles. The number of rotatable bonds is 4. The molecule has 0 saturated heterocycles. The van der Waals surface area contributed by atoms with Crippen molar-refractivity contribution in [2.24, 2.45) is 0 Å². The van der Waals surface area contributed by atoms with E-state index >= 15 is 0 Å². The van der Waals surface area contributed by atoms with Gasteiger partial charge in [-0.3, -0.25) is 24.0 Å². The molecule has 0 radical (unpaired) electrons. The number of carbonyl (C=O) groups excluding carboxylic acids is 5. The summed E-state index contributed by atoms with van der Waals surface area (Å²) in [5.41, 5.74) is 7.00. The summed E-state index contributed by atoms with van der Waals surface area (Å²) < 4.78 is 0. The van der Waals surface area contributed by atoms with E-state index < -0.39 is 0 Å². The highest BCUT2D eigenvalue weighted by atomic mass is 16.1. The highest BCUT2D eigenvalue weighted by molar-refractivity contribution is 6.33. The number of carbonyl (C=O) groups is 5. The van der Waals surface area contributed by atoms with Gasteiger partial charge in [-0.25, -0.2) is 0 Å². The molecule has 10 rings (SSSR count). The summed E-state index contributed by atoms with van der Waals surface area (Å²) in [6, 6.07) is 39.0. The van der Waals surface area contributed by atoms with Crippen LogP contribution in [0.3, 0.4) is 0 Å². The van der Waals surface area contributed by atoms with Crippen molar-refractivity contribution in [1.82, 2.24) is 0 Å².